The van der Waals surface area contributed by atoms with E-state index >= 15 is 0 Å². The molecule has 0 aliphatic heterocycles. The van der Waals surface area contributed by atoms with E-state index in [0.717, 1.165) is 17.7 Å². The van der Waals surface area contributed by atoms with Crippen LogP contribution in [0.4, 0.5) is 19.3 Å². The molecule has 0 spiro atoms. The highest BCUT2D eigenvalue weighted by molar-refractivity contribution is 5.91. The number of aromatic nitrogens is 4. The summed E-state index contributed by atoms with van der Waals surface area (Å²) in [5.74, 6) is -1.62. The van der Waals surface area contributed by atoms with Crippen LogP contribution in [0.1, 0.15) is 44.0 Å². The smallest absolute Gasteiger partial charge is 0.319 e. The largest absolute Gasteiger partial charge is 0.383 e. The fraction of sp³-hybridized carbons (Fsp3) is 0.320. The van der Waals surface area contributed by atoms with E-state index in [9.17, 15) is 13.6 Å². The fourth-order valence-electron chi connectivity index (χ4n) is 3.18. The Balaban J connectivity index is 0.00000137. The molecule has 0 bridgehead atoms. The molecule has 2 amide bonds. The summed E-state index contributed by atoms with van der Waals surface area (Å²) >= 11 is 0. The summed E-state index contributed by atoms with van der Waals surface area (Å²) in [5, 5.41) is 16.2. The number of hydrogen-bond donors (Lipinski definition) is 3. The van der Waals surface area contributed by atoms with Crippen LogP contribution in [0.3, 0.4) is 0 Å². The second kappa shape index (κ2) is 13.2. The second-order valence-electron chi connectivity index (χ2n) is 7.73. The number of carbonyl (C=O) groups is 1. The Bertz CT molecular complexity index is 1160. The summed E-state index contributed by atoms with van der Waals surface area (Å²) in [6, 6.07) is 1.55. The number of carbonyl (C=O) groups excluding carboxylic acids is 1. The molecule has 35 heavy (non-hydrogen) atoms. The molecule has 188 valence electrons. The zero-order valence-electron chi connectivity index (χ0n) is 20.7. The minimum absolute atomic E-state index is 0.00222. The lowest BCUT2D eigenvalue weighted by molar-refractivity contribution is 0.198. The van der Waals surface area contributed by atoms with Gasteiger partial charge in [0.05, 0.1) is 18.5 Å². The van der Waals surface area contributed by atoms with Crippen molar-refractivity contribution in [3.8, 4) is 11.3 Å². The first-order chi connectivity index (χ1) is 16.7. The number of allylic oxidation sites excluding steroid dienone is 1. The van der Waals surface area contributed by atoms with Crippen LogP contribution in [-0.4, -0.2) is 46.3 Å². The van der Waals surface area contributed by atoms with Gasteiger partial charge in [0.15, 0.2) is 0 Å². The predicted molar refractivity (Wildman–Crippen MR) is 136 cm³/mol. The molecular weight excluding hydrogens is 454 g/mol. The molecule has 0 atom stereocenters. The van der Waals surface area contributed by atoms with E-state index in [2.05, 4.69) is 46.4 Å². The van der Waals surface area contributed by atoms with Gasteiger partial charge in [-0.2, -0.15) is 10.2 Å². The lowest BCUT2D eigenvalue weighted by Gasteiger charge is -2.11. The van der Waals surface area contributed by atoms with Crippen LogP contribution in [-0.2, 0) is 11.8 Å². The van der Waals surface area contributed by atoms with Gasteiger partial charge in [-0.3, -0.25) is 9.78 Å². The molecule has 8 nitrogen and oxygen atoms in total. The van der Waals surface area contributed by atoms with Gasteiger partial charge >= 0.3 is 6.03 Å². The molecule has 0 radical (unpaired) electrons. The first kappa shape index (κ1) is 27.5. The number of urea groups is 1. The van der Waals surface area contributed by atoms with E-state index in [4.69, 9.17) is 4.74 Å². The van der Waals surface area contributed by atoms with Crippen LogP contribution < -0.4 is 10.6 Å². The number of halogens is 2. The van der Waals surface area contributed by atoms with Crippen molar-refractivity contribution in [1.29, 1.82) is 0 Å². The van der Waals surface area contributed by atoms with E-state index in [-0.39, 0.29) is 17.8 Å². The van der Waals surface area contributed by atoms with E-state index in [1.807, 2.05) is 0 Å². The maximum atomic E-state index is 14.8. The third-order valence-corrected chi connectivity index (χ3v) is 4.66. The Morgan fingerprint density at radius 3 is 2.49 bits per heavy atom. The number of anilines is 1. The topological polar surface area (TPSA) is 96.9 Å². The van der Waals surface area contributed by atoms with Crippen molar-refractivity contribution < 1.29 is 18.3 Å². The van der Waals surface area contributed by atoms with Crippen LogP contribution in [0.15, 0.2) is 31.1 Å². The number of nitrogens with zero attached hydrogens (tertiary/aromatic N) is 3. The second-order valence-corrected chi connectivity index (χ2v) is 7.73. The Hall–Kier alpha value is -3.79. The van der Waals surface area contributed by atoms with Gasteiger partial charge in [-0.05, 0) is 36.8 Å². The molecular formula is C25H32F2N6O2. The molecule has 0 unspecified atom stereocenters. The maximum Gasteiger partial charge on any atom is 0.319 e. The highest BCUT2D eigenvalue weighted by Gasteiger charge is 2.17. The van der Waals surface area contributed by atoms with Crippen LogP contribution in [0.2, 0.25) is 0 Å². The lowest BCUT2D eigenvalue weighted by Crippen LogP contribution is -2.31. The van der Waals surface area contributed by atoms with E-state index in [1.165, 1.54) is 13.5 Å². The van der Waals surface area contributed by atoms with Crippen LogP contribution in [0.5, 0.6) is 0 Å². The third kappa shape index (κ3) is 7.35. The summed E-state index contributed by atoms with van der Waals surface area (Å²) in [6.07, 6.45) is 7.90. The summed E-state index contributed by atoms with van der Waals surface area (Å²) < 4.78 is 36.1. The summed E-state index contributed by atoms with van der Waals surface area (Å²) in [6.45, 7) is 10.2. The monoisotopic (exact) mass is 486 g/mol. The van der Waals surface area contributed by atoms with Gasteiger partial charge in [-0.1, -0.05) is 26.8 Å². The van der Waals surface area contributed by atoms with Gasteiger partial charge in [0.2, 0.25) is 0 Å². The Labute approximate surface area is 204 Å². The number of H-pyrrole nitrogens is 1. The van der Waals surface area contributed by atoms with Crippen LogP contribution in [0.25, 0.3) is 29.0 Å². The summed E-state index contributed by atoms with van der Waals surface area (Å²) in [5.41, 5.74) is 2.70. The molecule has 0 aliphatic carbocycles. The van der Waals surface area contributed by atoms with E-state index < -0.39 is 17.7 Å². The van der Waals surface area contributed by atoms with Crippen molar-refractivity contribution in [1.82, 2.24) is 25.3 Å². The van der Waals surface area contributed by atoms with Crippen molar-refractivity contribution in [2.45, 2.75) is 27.2 Å². The van der Waals surface area contributed by atoms with Gasteiger partial charge in [-0.15, -0.1) is 0 Å². The van der Waals surface area contributed by atoms with E-state index in [1.54, 1.807) is 43.2 Å². The van der Waals surface area contributed by atoms with Crippen molar-refractivity contribution >= 4 is 29.4 Å². The van der Waals surface area contributed by atoms with Gasteiger partial charge in [0.1, 0.15) is 17.3 Å². The zero-order chi connectivity index (χ0) is 26.0. The third-order valence-electron chi connectivity index (χ3n) is 4.66. The zero-order valence-corrected chi connectivity index (χ0v) is 20.7. The van der Waals surface area contributed by atoms with Crippen molar-refractivity contribution in [3.63, 3.8) is 0 Å². The summed E-state index contributed by atoms with van der Waals surface area (Å²) in [7, 11) is 3.28. The van der Waals surface area contributed by atoms with Crippen LogP contribution >= 0.6 is 0 Å². The van der Waals surface area contributed by atoms with Crippen LogP contribution in [0, 0.1) is 11.6 Å². The first-order valence-electron chi connectivity index (χ1n) is 11.2. The average Bonchev–Trinajstić information content (AvgIpc) is 3.39. The number of aryl methyl sites for hydroxylation is 1. The molecule has 3 aromatic rings. The molecule has 0 saturated carbocycles. The number of aromatic amines is 1. The molecule has 1 aromatic carbocycles. The predicted octanol–water partition coefficient (Wildman–Crippen LogP) is 5.48. The fourth-order valence-corrected chi connectivity index (χ4v) is 3.18. The normalized spacial score (nSPS) is 11.0. The highest BCUT2D eigenvalue weighted by Crippen LogP contribution is 2.31. The molecule has 3 rings (SSSR count). The van der Waals surface area contributed by atoms with Gasteiger partial charge in [0.25, 0.3) is 0 Å². The standard InChI is InChI=1S/C22H24F2N6O2.C3H8/c1-5-19-16(21(29-28-19)14-11-26-30(3)12-14)8-13(2)20-17(23)9-15(10-18(20)24)27-22(31)25-6-7-32-4;1-3-2/h5,8-12H,1,6-7H2,2-4H3,(H,28,29)(H2,25,27,31);3H2,1-2H3/b13-8+;. The molecule has 10 heteroatoms. The van der Waals surface area contributed by atoms with Crippen molar-refractivity contribution in [2.75, 3.05) is 25.6 Å². The minimum atomic E-state index is -0.808. The highest BCUT2D eigenvalue weighted by atomic mass is 19.1. The number of ether oxygens (including phenoxy) is 1. The maximum absolute atomic E-state index is 14.8. The number of hydrogen-bond acceptors (Lipinski definition) is 4. The molecule has 2 aromatic heterocycles. The van der Waals surface area contributed by atoms with Crippen molar-refractivity contribution in [2.24, 2.45) is 7.05 Å². The van der Waals surface area contributed by atoms with Gasteiger partial charge in [-0.25, -0.2) is 13.6 Å². The summed E-state index contributed by atoms with van der Waals surface area (Å²) in [4.78, 5) is 11.8. The lowest BCUT2D eigenvalue weighted by atomic mass is 10.00. The Morgan fingerprint density at radius 1 is 1.29 bits per heavy atom. The number of amides is 2. The molecule has 3 N–H and O–H groups in total. The SMILES string of the molecule is C=Cc1[nH]nc(-c2cnn(C)c2)c1/C=C(\C)c1c(F)cc(NC(=O)NCCOC)cc1F.CCC. The van der Waals surface area contributed by atoms with Gasteiger partial charge < -0.3 is 15.4 Å². The number of rotatable bonds is 8. The Kier molecular flexibility index (Phi) is 10.3. The molecule has 0 saturated heterocycles. The first-order valence-corrected chi connectivity index (χ1v) is 11.2. The Morgan fingerprint density at radius 2 is 1.94 bits per heavy atom. The van der Waals surface area contributed by atoms with E-state index in [0.29, 0.717) is 29.1 Å². The average molecular weight is 487 g/mol. The quantitative estimate of drug-likeness (QED) is 0.368. The molecule has 0 fully saturated rings. The number of benzene rings is 1. The molecule has 0 aliphatic rings. The van der Waals surface area contributed by atoms with Crippen molar-refractivity contribution in [3.05, 3.63) is 59.6 Å². The number of nitrogens with one attached hydrogen (secondary N) is 3. The van der Waals surface area contributed by atoms with Gasteiger partial charge in [0, 0.05) is 49.3 Å². The number of methoxy groups -OCH3 is 1. The minimum Gasteiger partial charge on any atom is -0.383 e. The molecule has 2 heterocycles.